The van der Waals surface area contributed by atoms with E-state index in [2.05, 4.69) is 22.6 Å². The molecule has 19 heavy (non-hydrogen) atoms. The molecular formula is C13H16INO3S. The normalized spacial score (nSPS) is 31.6. The summed E-state index contributed by atoms with van der Waals surface area (Å²) in [4.78, 5) is 0.349. The molecule has 3 unspecified atom stereocenters. The van der Waals surface area contributed by atoms with Gasteiger partial charge in [0.1, 0.15) is 0 Å². The summed E-state index contributed by atoms with van der Waals surface area (Å²) in [7, 11) is -3.40. The third-order valence-electron chi connectivity index (χ3n) is 4.24. The highest BCUT2D eigenvalue weighted by Crippen LogP contribution is 2.40. The molecule has 4 nitrogen and oxygen atoms in total. The van der Waals surface area contributed by atoms with Crippen LogP contribution in [0.3, 0.4) is 0 Å². The zero-order valence-electron chi connectivity index (χ0n) is 10.4. The molecule has 1 aromatic rings. The molecule has 1 aromatic carbocycles. The molecule has 3 rings (SSSR count). The topological polar surface area (TPSA) is 57.6 Å². The Kier molecular flexibility index (Phi) is 3.61. The molecule has 1 heterocycles. The van der Waals surface area contributed by atoms with Gasteiger partial charge in [0.15, 0.2) is 0 Å². The molecular weight excluding hydrogens is 377 g/mol. The van der Waals surface area contributed by atoms with Crippen LogP contribution in [-0.4, -0.2) is 37.0 Å². The molecule has 0 bridgehead atoms. The van der Waals surface area contributed by atoms with E-state index >= 15 is 0 Å². The number of aliphatic hydroxyl groups excluding tert-OH is 1. The van der Waals surface area contributed by atoms with Gasteiger partial charge in [-0.15, -0.1) is 0 Å². The van der Waals surface area contributed by atoms with Gasteiger partial charge in [0, 0.05) is 22.6 Å². The highest BCUT2D eigenvalue weighted by atomic mass is 127. The summed E-state index contributed by atoms with van der Waals surface area (Å²) in [5, 5.41) is 9.87. The van der Waals surface area contributed by atoms with Crippen LogP contribution in [0.2, 0.25) is 0 Å². The highest BCUT2D eigenvalue weighted by Gasteiger charge is 2.45. The lowest BCUT2D eigenvalue weighted by Crippen LogP contribution is -2.31. The second-order valence-electron chi connectivity index (χ2n) is 5.34. The molecule has 1 saturated heterocycles. The second-order valence-corrected chi connectivity index (χ2v) is 8.53. The van der Waals surface area contributed by atoms with Gasteiger partial charge in [-0.3, -0.25) is 0 Å². The van der Waals surface area contributed by atoms with E-state index in [0.29, 0.717) is 23.9 Å². The summed E-state index contributed by atoms with van der Waals surface area (Å²) in [6.07, 6.45) is 1.42. The van der Waals surface area contributed by atoms with Crippen LogP contribution in [0, 0.1) is 15.4 Å². The van der Waals surface area contributed by atoms with Crippen LogP contribution in [0.15, 0.2) is 29.2 Å². The molecule has 2 fully saturated rings. The summed E-state index contributed by atoms with van der Waals surface area (Å²) in [5.41, 5.74) is 0. The lowest BCUT2D eigenvalue weighted by atomic mass is 10.00. The van der Waals surface area contributed by atoms with Gasteiger partial charge in [0.2, 0.25) is 10.0 Å². The standard InChI is InChI=1S/C13H16INO3S/c14-10-2-4-11(5-3-10)19(17,18)15-7-9-1-6-13(16)12(9)8-15/h2-5,9,12-13,16H,1,6-8H2. The van der Waals surface area contributed by atoms with Crippen molar-refractivity contribution in [1.29, 1.82) is 0 Å². The minimum atomic E-state index is -3.40. The van der Waals surface area contributed by atoms with E-state index in [9.17, 15) is 13.5 Å². The number of hydrogen-bond donors (Lipinski definition) is 1. The average molecular weight is 393 g/mol. The summed E-state index contributed by atoms with van der Waals surface area (Å²) in [5.74, 6) is 0.451. The average Bonchev–Trinajstić information content (AvgIpc) is 2.93. The van der Waals surface area contributed by atoms with Crippen molar-refractivity contribution in [2.75, 3.05) is 13.1 Å². The van der Waals surface area contributed by atoms with Crippen LogP contribution >= 0.6 is 22.6 Å². The smallest absolute Gasteiger partial charge is 0.243 e. The van der Waals surface area contributed by atoms with Gasteiger partial charge in [-0.25, -0.2) is 8.42 Å². The van der Waals surface area contributed by atoms with Gasteiger partial charge in [-0.1, -0.05) is 0 Å². The number of sulfonamides is 1. The number of rotatable bonds is 2. The van der Waals surface area contributed by atoms with Crippen molar-refractivity contribution in [2.45, 2.75) is 23.8 Å². The summed E-state index contributed by atoms with van der Waals surface area (Å²) < 4.78 is 27.6. The Morgan fingerprint density at radius 2 is 1.84 bits per heavy atom. The maximum atomic E-state index is 12.5. The maximum Gasteiger partial charge on any atom is 0.243 e. The Hall–Kier alpha value is -0.180. The van der Waals surface area contributed by atoms with Crippen LogP contribution in [0.4, 0.5) is 0 Å². The van der Waals surface area contributed by atoms with E-state index in [-0.39, 0.29) is 12.0 Å². The molecule has 104 valence electrons. The third-order valence-corrected chi connectivity index (χ3v) is 6.80. The largest absolute Gasteiger partial charge is 0.393 e. The fourth-order valence-electron chi connectivity index (χ4n) is 3.15. The molecule has 0 aromatic heterocycles. The van der Waals surface area contributed by atoms with Crippen LogP contribution < -0.4 is 0 Å². The van der Waals surface area contributed by atoms with E-state index in [1.807, 2.05) is 0 Å². The van der Waals surface area contributed by atoms with E-state index in [0.717, 1.165) is 16.4 Å². The van der Waals surface area contributed by atoms with Gasteiger partial charge >= 0.3 is 0 Å². The minimum Gasteiger partial charge on any atom is -0.393 e. The molecule has 1 aliphatic carbocycles. The first-order chi connectivity index (χ1) is 8.98. The van der Waals surface area contributed by atoms with Crippen molar-refractivity contribution < 1.29 is 13.5 Å². The lowest BCUT2D eigenvalue weighted by Gasteiger charge is -2.18. The number of hydrogen-bond acceptors (Lipinski definition) is 3. The quantitative estimate of drug-likeness (QED) is 0.779. The van der Waals surface area contributed by atoms with Crippen LogP contribution in [0.1, 0.15) is 12.8 Å². The Balaban J connectivity index is 1.84. The van der Waals surface area contributed by atoms with E-state index < -0.39 is 10.0 Å². The first kappa shape index (κ1) is 13.8. The summed E-state index contributed by atoms with van der Waals surface area (Å²) in [6, 6.07) is 6.92. The first-order valence-corrected chi connectivity index (χ1v) is 8.94. The third kappa shape index (κ3) is 2.43. The fourth-order valence-corrected chi connectivity index (χ4v) is 5.04. The van der Waals surface area contributed by atoms with Crippen LogP contribution in [-0.2, 0) is 10.0 Å². The van der Waals surface area contributed by atoms with Crippen molar-refractivity contribution in [1.82, 2.24) is 4.31 Å². The first-order valence-electron chi connectivity index (χ1n) is 6.42. The molecule has 1 saturated carbocycles. The Labute approximate surface area is 127 Å². The minimum absolute atomic E-state index is 0.124. The molecule has 0 radical (unpaired) electrons. The molecule has 0 amide bonds. The maximum absolute atomic E-state index is 12.5. The van der Waals surface area contributed by atoms with Crippen LogP contribution in [0.25, 0.3) is 0 Å². The Morgan fingerprint density at radius 1 is 1.16 bits per heavy atom. The monoisotopic (exact) mass is 393 g/mol. The SMILES string of the molecule is O=S(=O)(c1ccc(I)cc1)N1CC2CCC(O)C2C1. The van der Waals surface area contributed by atoms with Crippen LogP contribution in [0.5, 0.6) is 0 Å². The van der Waals surface area contributed by atoms with Crippen molar-refractivity contribution in [2.24, 2.45) is 11.8 Å². The van der Waals surface area contributed by atoms with Gasteiger partial charge < -0.3 is 5.11 Å². The molecule has 1 aliphatic heterocycles. The Bertz CT molecular complexity index is 572. The lowest BCUT2D eigenvalue weighted by molar-refractivity contribution is 0.129. The molecule has 1 N–H and O–H groups in total. The number of aliphatic hydroxyl groups is 1. The summed E-state index contributed by atoms with van der Waals surface area (Å²) in [6.45, 7) is 1.01. The van der Waals surface area contributed by atoms with Gasteiger partial charge in [0.25, 0.3) is 0 Å². The summed E-state index contributed by atoms with van der Waals surface area (Å²) >= 11 is 2.16. The van der Waals surface area contributed by atoms with Crippen molar-refractivity contribution >= 4 is 32.6 Å². The number of benzene rings is 1. The Morgan fingerprint density at radius 3 is 2.47 bits per heavy atom. The predicted octanol–water partition coefficient (Wildman–Crippen LogP) is 1.68. The van der Waals surface area contributed by atoms with Gasteiger partial charge in [-0.05, 0) is 65.6 Å². The predicted molar refractivity (Wildman–Crippen MR) is 80.1 cm³/mol. The fraction of sp³-hybridized carbons (Fsp3) is 0.538. The molecule has 3 atom stereocenters. The van der Waals surface area contributed by atoms with Crippen molar-refractivity contribution in [3.05, 3.63) is 27.8 Å². The number of halogens is 1. The van der Waals surface area contributed by atoms with E-state index in [1.165, 1.54) is 4.31 Å². The molecule has 0 spiro atoms. The zero-order chi connectivity index (χ0) is 13.6. The van der Waals surface area contributed by atoms with Crippen molar-refractivity contribution in [3.63, 3.8) is 0 Å². The molecule has 6 heteroatoms. The van der Waals surface area contributed by atoms with E-state index in [4.69, 9.17) is 0 Å². The van der Waals surface area contributed by atoms with Crippen molar-refractivity contribution in [3.8, 4) is 0 Å². The van der Waals surface area contributed by atoms with Gasteiger partial charge in [0.05, 0.1) is 11.0 Å². The zero-order valence-corrected chi connectivity index (χ0v) is 13.3. The van der Waals surface area contributed by atoms with Gasteiger partial charge in [-0.2, -0.15) is 4.31 Å². The second kappa shape index (κ2) is 4.98. The number of nitrogens with zero attached hydrogens (tertiary/aromatic N) is 1. The number of fused-ring (bicyclic) bond motifs is 1. The van der Waals surface area contributed by atoms with E-state index in [1.54, 1.807) is 24.3 Å². The molecule has 2 aliphatic rings. The highest BCUT2D eigenvalue weighted by molar-refractivity contribution is 14.1.